The third-order valence-electron chi connectivity index (χ3n) is 4.68. The Kier molecular flexibility index (Phi) is 4.32. The van der Waals surface area contributed by atoms with Gasteiger partial charge in [-0.25, -0.2) is 9.18 Å². The summed E-state index contributed by atoms with van der Waals surface area (Å²) in [6, 6.07) is 12.5. The van der Waals surface area contributed by atoms with Crippen LogP contribution in [0, 0.1) is 17.1 Å². The highest BCUT2D eigenvalue weighted by atomic mass is 19.1. The van der Waals surface area contributed by atoms with Crippen molar-refractivity contribution in [1.82, 2.24) is 4.57 Å². The monoisotopic (exact) mass is 378 g/mol. The number of rotatable bonds is 5. The Morgan fingerprint density at radius 1 is 1.25 bits per heavy atom. The highest BCUT2D eigenvalue weighted by Gasteiger charge is 2.30. The van der Waals surface area contributed by atoms with Crippen LogP contribution in [0.2, 0.25) is 0 Å². The molecule has 0 radical (unpaired) electrons. The summed E-state index contributed by atoms with van der Waals surface area (Å²) in [4.78, 5) is 23.8. The molecule has 140 valence electrons. The number of carboxylic acid groups (broad SMARTS) is 1. The van der Waals surface area contributed by atoms with E-state index in [1.54, 1.807) is 12.1 Å². The minimum Gasteiger partial charge on any atom is -0.482 e. The topological polar surface area (TPSA) is 92.3 Å². The average molecular weight is 378 g/mol. The Morgan fingerprint density at radius 2 is 2.04 bits per heavy atom. The van der Waals surface area contributed by atoms with Crippen molar-refractivity contribution in [2.45, 2.75) is 18.9 Å². The van der Waals surface area contributed by atoms with Crippen LogP contribution in [-0.2, 0) is 4.79 Å². The van der Waals surface area contributed by atoms with Gasteiger partial charge < -0.3 is 9.84 Å². The molecule has 0 spiro atoms. The molecule has 1 saturated carbocycles. The van der Waals surface area contributed by atoms with E-state index < -0.39 is 18.4 Å². The highest BCUT2D eigenvalue weighted by Crippen LogP contribution is 2.39. The Bertz CT molecular complexity index is 1210. The molecule has 1 N–H and O–H groups in total. The lowest BCUT2D eigenvalue weighted by atomic mass is 9.96. The highest BCUT2D eigenvalue weighted by molar-refractivity contribution is 5.99. The number of nitriles is 1. The van der Waals surface area contributed by atoms with Gasteiger partial charge in [0, 0.05) is 22.4 Å². The first-order valence-electron chi connectivity index (χ1n) is 8.72. The fourth-order valence-electron chi connectivity index (χ4n) is 3.36. The minimum absolute atomic E-state index is 0.0400. The van der Waals surface area contributed by atoms with E-state index in [0.29, 0.717) is 21.9 Å². The molecule has 1 heterocycles. The van der Waals surface area contributed by atoms with Crippen molar-refractivity contribution in [3.05, 3.63) is 64.3 Å². The van der Waals surface area contributed by atoms with Gasteiger partial charge in [0.25, 0.3) is 5.56 Å². The first kappa shape index (κ1) is 17.7. The largest absolute Gasteiger partial charge is 0.482 e. The third-order valence-corrected chi connectivity index (χ3v) is 4.68. The van der Waals surface area contributed by atoms with E-state index in [1.807, 2.05) is 0 Å². The van der Waals surface area contributed by atoms with E-state index in [-0.39, 0.29) is 23.0 Å². The second-order valence-corrected chi connectivity index (χ2v) is 6.64. The van der Waals surface area contributed by atoms with Gasteiger partial charge in [-0.15, -0.1) is 0 Å². The number of pyridine rings is 1. The smallest absolute Gasteiger partial charge is 0.341 e. The predicted molar refractivity (Wildman–Crippen MR) is 99.7 cm³/mol. The molecule has 1 aliphatic carbocycles. The minimum atomic E-state index is -1.13. The van der Waals surface area contributed by atoms with E-state index >= 15 is 0 Å². The van der Waals surface area contributed by atoms with Crippen molar-refractivity contribution >= 4 is 16.7 Å². The maximum atomic E-state index is 13.9. The number of nitrogens with zero attached hydrogens (tertiary/aromatic N) is 2. The first-order chi connectivity index (χ1) is 13.5. The average Bonchev–Trinajstić information content (AvgIpc) is 3.50. The lowest BCUT2D eigenvalue weighted by molar-refractivity contribution is -0.139. The van der Waals surface area contributed by atoms with Gasteiger partial charge in [0.15, 0.2) is 6.61 Å². The SMILES string of the molecule is N#Cc1c(-c2cccc(F)c2)c2cc(OCC(=O)O)ccc2c(=O)n1C1CC1. The van der Waals surface area contributed by atoms with Gasteiger partial charge in [-0.1, -0.05) is 12.1 Å². The van der Waals surface area contributed by atoms with Crippen LogP contribution >= 0.6 is 0 Å². The fourth-order valence-corrected chi connectivity index (χ4v) is 3.36. The van der Waals surface area contributed by atoms with Gasteiger partial charge in [-0.3, -0.25) is 9.36 Å². The van der Waals surface area contributed by atoms with Crippen LogP contribution in [-0.4, -0.2) is 22.2 Å². The van der Waals surface area contributed by atoms with Crippen LogP contribution in [0.15, 0.2) is 47.3 Å². The molecule has 28 heavy (non-hydrogen) atoms. The molecule has 0 aliphatic heterocycles. The molecule has 0 bridgehead atoms. The summed E-state index contributed by atoms with van der Waals surface area (Å²) in [7, 11) is 0. The molecule has 7 heteroatoms. The summed E-state index contributed by atoms with van der Waals surface area (Å²) in [5.74, 6) is -1.34. The number of halogens is 1. The van der Waals surface area contributed by atoms with Crippen LogP contribution in [0.3, 0.4) is 0 Å². The molecule has 0 atom stereocenters. The maximum absolute atomic E-state index is 13.9. The number of aliphatic carboxylic acids is 1. The number of ether oxygens (including phenoxy) is 1. The van der Waals surface area contributed by atoms with Gasteiger partial charge in [0.05, 0.1) is 0 Å². The summed E-state index contributed by atoms with van der Waals surface area (Å²) in [5.41, 5.74) is 0.774. The summed E-state index contributed by atoms with van der Waals surface area (Å²) in [5, 5.41) is 19.4. The molecule has 3 aromatic rings. The van der Waals surface area contributed by atoms with Crippen molar-refractivity contribution in [3.63, 3.8) is 0 Å². The van der Waals surface area contributed by atoms with Crippen molar-refractivity contribution < 1.29 is 19.0 Å². The standard InChI is InChI=1S/C21H15FN2O4/c22-13-3-1-2-12(8-13)20-17-9-15(28-11-19(25)26)6-7-16(17)21(27)24(14-4-5-14)18(20)10-23/h1-3,6-9,14H,4-5,11H2,(H,25,26). The maximum Gasteiger partial charge on any atom is 0.341 e. The summed E-state index contributed by atoms with van der Waals surface area (Å²) >= 11 is 0. The van der Waals surface area contributed by atoms with Crippen LogP contribution in [0.25, 0.3) is 21.9 Å². The lowest BCUT2D eigenvalue weighted by Gasteiger charge is -2.16. The Balaban J connectivity index is 2.05. The molecule has 6 nitrogen and oxygen atoms in total. The first-order valence-corrected chi connectivity index (χ1v) is 8.72. The number of hydrogen-bond donors (Lipinski definition) is 1. The summed E-state index contributed by atoms with van der Waals surface area (Å²) in [6.45, 7) is -0.537. The quantitative estimate of drug-likeness (QED) is 0.734. The number of hydrogen-bond acceptors (Lipinski definition) is 4. The van der Waals surface area contributed by atoms with Crippen molar-refractivity contribution in [2.24, 2.45) is 0 Å². The fraction of sp³-hybridized carbons (Fsp3) is 0.190. The van der Waals surface area contributed by atoms with E-state index in [4.69, 9.17) is 9.84 Å². The molecular weight excluding hydrogens is 363 g/mol. The van der Waals surface area contributed by atoms with E-state index in [2.05, 4.69) is 6.07 Å². The zero-order valence-electron chi connectivity index (χ0n) is 14.7. The van der Waals surface area contributed by atoms with Gasteiger partial charge in [-0.05, 0) is 48.7 Å². The van der Waals surface area contributed by atoms with Gasteiger partial charge in [0.2, 0.25) is 0 Å². The Morgan fingerprint density at radius 3 is 2.68 bits per heavy atom. The van der Waals surface area contributed by atoms with Crippen molar-refractivity contribution in [3.8, 4) is 22.9 Å². The molecule has 0 amide bonds. The number of carbonyl (C=O) groups is 1. The van der Waals surface area contributed by atoms with Crippen LogP contribution in [0.1, 0.15) is 24.6 Å². The third kappa shape index (κ3) is 3.09. The van der Waals surface area contributed by atoms with Crippen molar-refractivity contribution in [1.29, 1.82) is 5.26 Å². The molecule has 1 fully saturated rings. The summed E-state index contributed by atoms with van der Waals surface area (Å²) < 4.78 is 20.6. The number of benzene rings is 2. The van der Waals surface area contributed by atoms with E-state index in [0.717, 1.165) is 12.8 Å². The number of fused-ring (bicyclic) bond motifs is 1. The van der Waals surface area contributed by atoms with Gasteiger partial charge >= 0.3 is 5.97 Å². The van der Waals surface area contributed by atoms with Crippen LogP contribution in [0.4, 0.5) is 4.39 Å². The molecule has 4 rings (SSSR count). The molecule has 1 aromatic heterocycles. The van der Waals surface area contributed by atoms with E-state index in [1.165, 1.54) is 34.9 Å². The number of aromatic nitrogens is 1. The van der Waals surface area contributed by atoms with Gasteiger partial charge in [-0.2, -0.15) is 5.26 Å². The molecule has 2 aromatic carbocycles. The second kappa shape index (κ2) is 6.82. The predicted octanol–water partition coefficient (Wildman–Crippen LogP) is 3.48. The van der Waals surface area contributed by atoms with Crippen LogP contribution < -0.4 is 10.3 Å². The Hall–Kier alpha value is -3.66. The zero-order valence-corrected chi connectivity index (χ0v) is 14.7. The van der Waals surface area contributed by atoms with E-state index in [9.17, 15) is 19.2 Å². The second-order valence-electron chi connectivity index (χ2n) is 6.64. The van der Waals surface area contributed by atoms with Crippen LogP contribution in [0.5, 0.6) is 5.75 Å². The molecule has 0 saturated heterocycles. The molecular formula is C21H15FN2O4. The lowest BCUT2D eigenvalue weighted by Crippen LogP contribution is -2.23. The molecule has 1 aliphatic rings. The summed E-state index contributed by atoms with van der Waals surface area (Å²) in [6.07, 6.45) is 1.62. The Labute approximate surface area is 159 Å². The molecule has 0 unspecified atom stereocenters. The van der Waals surface area contributed by atoms with Gasteiger partial charge in [0.1, 0.15) is 23.3 Å². The zero-order chi connectivity index (χ0) is 19.8. The van der Waals surface area contributed by atoms with Crippen molar-refractivity contribution in [2.75, 3.05) is 6.61 Å². The normalized spacial score (nSPS) is 13.3. The number of carboxylic acids is 1.